The van der Waals surface area contributed by atoms with Gasteiger partial charge in [-0.1, -0.05) is 37.3 Å². The first kappa shape index (κ1) is 17.4. The number of aromatic nitrogens is 2. The van der Waals surface area contributed by atoms with Crippen LogP contribution in [0.5, 0.6) is 0 Å². The van der Waals surface area contributed by atoms with E-state index in [0.717, 1.165) is 17.7 Å². The lowest BCUT2D eigenvalue weighted by atomic mass is 10.1. The highest BCUT2D eigenvalue weighted by molar-refractivity contribution is 5.95. The quantitative estimate of drug-likeness (QED) is 0.694. The Morgan fingerprint density at radius 3 is 2.69 bits per heavy atom. The highest BCUT2D eigenvalue weighted by Gasteiger charge is 2.16. The summed E-state index contributed by atoms with van der Waals surface area (Å²) in [6.45, 7) is 1.67. The normalized spacial score (nSPS) is 10.3. The standard InChI is InChI=1S/C20H19N3O3/c1-2-15-7-6-8-16(11-15)22-19(24)13-26-20(25)18-12-21-14-23(18)17-9-4-3-5-10-17/h3-12,14H,2,13H2,1H3,(H,22,24). The fraction of sp³-hybridized carbons (Fsp3) is 0.150. The van der Waals surface area contributed by atoms with Gasteiger partial charge in [0.05, 0.1) is 12.5 Å². The third-order valence-corrected chi connectivity index (χ3v) is 3.84. The molecule has 0 radical (unpaired) electrons. The molecule has 0 bridgehead atoms. The van der Waals surface area contributed by atoms with Crippen LogP contribution in [0, 0.1) is 0 Å². The van der Waals surface area contributed by atoms with Crippen LogP contribution in [0.25, 0.3) is 5.69 Å². The van der Waals surface area contributed by atoms with Gasteiger partial charge in [0.2, 0.25) is 0 Å². The number of carbonyl (C=O) groups excluding carboxylic acids is 2. The molecule has 0 aliphatic carbocycles. The fourth-order valence-electron chi connectivity index (χ4n) is 2.51. The van der Waals surface area contributed by atoms with Crippen LogP contribution in [0.2, 0.25) is 0 Å². The molecule has 2 aromatic carbocycles. The lowest BCUT2D eigenvalue weighted by Gasteiger charge is -2.09. The molecule has 0 saturated carbocycles. The predicted octanol–water partition coefficient (Wildman–Crippen LogP) is 3.23. The summed E-state index contributed by atoms with van der Waals surface area (Å²) in [5.74, 6) is -0.999. The van der Waals surface area contributed by atoms with Gasteiger partial charge in [-0.05, 0) is 36.2 Å². The first-order valence-corrected chi connectivity index (χ1v) is 8.31. The molecule has 26 heavy (non-hydrogen) atoms. The maximum atomic E-state index is 12.3. The Bertz CT molecular complexity index is 903. The number of rotatable bonds is 6. The Balaban J connectivity index is 1.61. The van der Waals surface area contributed by atoms with Crippen molar-refractivity contribution in [3.8, 4) is 5.69 Å². The summed E-state index contributed by atoms with van der Waals surface area (Å²) in [5.41, 5.74) is 2.85. The average Bonchev–Trinajstić information content (AvgIpc) is 3.17. The average molecular weight is 349 g/mol. The molecule has 0 aliphatic heterocycles. The van der Waals surface area contributed by atoms with E-state index in [4.69, 9.17) is 4.74 Å². The largest absolute Gasteiger partial charge is 0.451 e. The zero-order chi connectivity index (χ0) is 18.4. The summed E-state index contributed by atoms with van der Waals surface area (Å²) in [4.78, 5) is 28.3. The Morgan fingerprint density at radius 2 is 1.92 bits per heavy atom. The number of carbonyl (C=O) groups is 2. The number of aryl methyl sites for hydroxylation is 1. The number of nitrogens with zero attached hydrogens (tertiary/aromatic N) is 2. The Hall–Kier alpha value is -3.41. The number of benzene rings is 2. The number of esters is 1. The smallest absolute Gasteiger partial charge is 0.357 e. The van der Waals surface area contributed by atoms with Gasteiger partial charge in [0, 0.05) is 11.4 Å². The Labute approximate surface area is 151 Å². The number of amides is 1. The molecule has 0 spiro atoms. The van der Waals surface area contributed by atoms with Gasteiger partial charge >= 0.3 is 5.97 Å². The topological polar surface area (TPSA) is 73.2 Å². The van der Waals surface area contributed by atoms with Crippen LogP contribution >= 0.6 is 0 Å². The molecule has 0 atom stereocenters. The second-order valence-electron chi connectivity index (χ2n) is 5.66. The number of hydrogen-bond acceptors (Lipinski definition) is 4. The zero-order valence-electron chi connectivity index (χ0n) is 14.4. The number of imidazole rings is 1. The molecule has 0 fully saturated rings. The van der Waals surface area contributed by atoms with Crippen molar-refractivity contribution in [2.45, 2.75) is 13.3 Å². The van der Waals surface area contributed by atoms with Gasteiger partial charge < -0.3 is 10.1 Å². The van der Waals surface area contributed by atoms with Crippen LogP contribution in [-0.2, 0) is 16.0 Å². The third-order valence-electron chi connectivity index (χ3n) is 3.84. The SMILES string of the molecule is CCc1cccc(NC(=O)COC(=O)c2cncn2-c2ccccc2)c1. The maximum Gasteiger partial charge on any atom is 0.357 e. The summed E-state index contributed by atoms with van der Waals surface area (Å²) < 4.78 is 6.74. The maximum absolute atomic E-state index is 12.3. The summed E-state index contributed by atoms with van der Waals surface area (Å²) in [6, 6.07) is 16.9. The number of para-hydroxylation sites is 1. The van der Waals surface area contributed by atoms with E-state index in [1.807, 2.05) is 55.5 Å². The van der Waals surface area contributed by atoms with Crippen molar-refractivity contribution in [1.82, 2.24) is 9.55 Å². The first-order valence-electron chi connectivity index (χ1n) is 8.31. The molecule has 1 amide bonds. The van der Waals surface area contributed by atoms with E-state index in [2.05, 4.69) is 10.3 Å². The molecule has 0 aliphatic rings. The van der Waals surface area contributed by atoms with E-state index < -0.39 is 11.9 Å². The number of nitrogens with one attached hydrogen (secondary N) is 1. The molecule has 6 heteroatoms. The summed E-state index contributed by atoms with van der Waals surface area (Å²) >= 11 is 0. The molecule has 0 saturated heterocycles. The lowest BCUT2D eigenvalue weighted by molar-refractivity contribution is -0.119. The molecule has 1 heterocycles. The van der Waals surface area contributed by atoms with Crippen LogP contribution in [-0.4, -0.2) is 28.0 Å². The minimum atomic E-state index is -0.608. The fourth-order valence-corrected chi connectivity index (χ4v) is 2.51. The molecule has 3 rings (SSSR count). The van der Waals surface area contributed by atoms with E-state index in [0.29, 0.717) is 5.69 Å². The molecular weight excluding hydrogens is 330 g/mol. The summed E-state index contributed by atoms with van der Waals surface area (Å²) in [6.07, 6.45) is 3.82. The van der Waals surface area contributed by atoms with E-state index in [1.54, 1.807) is 10.6 Å². The zero-order valence-corrected chi connectivity index (χ0v) is 14.4. The highest BCUT2D eigenvalue weighted by atomic mass is 16.5. The van der Waals surface area contributed by atoms with Crippen LogP contribution in [0.1, 0.15) is 23.0 Å². The van der Waals surface area contributed by atoms with E-state index in [-0.39, 0.29) is 12.3 Å². The number of hydrogen-bond donors (Lipinski definition) is 1. The number of ether oxygens (including phenoxy) is 1. The van der Waals surface area contributed by atoms with Gasteiger partial charge in [-0.2, -0.15) is 0 Å². The van der Waals surface area contributed by atoms with E-state index >= 15 is 0 Å². The first-order chi connectivity index (χ1) is 12.7. The van der Waals surface area contributed by atoms with E-state index in [1.165, 1.54) is 12.5 Å². The van der Waals surface area contributed by atoms with Gasteiger partial charge in [0.1, 0.15) is 0 Å². The van der Waals surface area contributed by atoms with Gasteiger partial charge in [-0.3, -0.25) is 9.36 Å². The minimum absolute atomic E-state index is 0.261. The second-order valence-corrected chi connectivity index (χ2v) is 5.66. The molecule has 1 aromatic heterocycles. The van der Waals surface area contributed by atoms with Crippen LogP contribution in [0.4, 0.5) is 5.69 Å². The van der Waals surface area contributed by atoms with Crippen LogP contribution in [0.15, 0.2) is 67.1 Å². The van der Waals surface area contributed by atoms with Crippen molar-refractivity contribution in [1.29, 1.82) is 0 Å². The molecule has 0 unspecified atom stereocenters. The van der Waals surface area contributed by atoms with E-state index in [9.17, 15) is 9.59 Å². The van der Waals surface area contributed by atoms with Gasteiger partial charge in [-0.25, -0.2) is 9.78 Å². The minimum Gasteiger partial charge on any atom is -0.451 e. The Kier molecular flexibility index (Phi) is 5.43. The molecule has 6 nitrogen and oxygen atoms in total. The number of anilines is 1. The van der Waals surface area contributed by atoms with Crippen molar-refractivity contribution >= 4 is 17.6 Å². The van der Waals surface area contributed by atoms with Crippen molar-refractivity contribution in [2.24, 2.45) is 0 Å². The van der Waals surface area contributed by atoms with Gasteiger partial charge in [0.25, 0.3) is 5.91 Å². The van der Waals surface area contributed by atoms with Crippen LogP contribution in [0.3, 0.4) is 0 Å². The van der Waals surface area contributed by atoms with Crippen molar-refractivity contribution in [3.05, 3.63) is 78.4 Å². The molecule has 1 N–H and O–H groups in total. The highest BCUT2D eigenvalue weighted by Crippen LogP contribution is 2.13. The second kappa shape index (κ2) is 8.11. The van der Waals surface area contributed by atoms with Gasteiger partial charge in [-0.15, -0.1) is 0 Å². The van der Waals surface area contributed by atoms with Crippen molar-refractivity contribution < 1.29 is 14.3 Å². The van der Waals surface area contributed by atoms with Crippen LogP contribution < -0.4 is 5.32 Å². The molecule has 132 valence electrons. The summed E-state index contributed by atoms with van der Waals surface area (Å²) in [5, 5.41) is 2.72. The third kappa shape index (κ3) is 4.16. The monoisotopic (exact) mass is 349 g/mol. The molecular formula is C20H19N3O3. The van der Waals surface area contributed by atoms with Gasteiger partial charge in [0.15, 0.2) is 12.3 Å². The Morgan fingerprint density at radius 1 is 1.12 bits per heavy atom. The van der Waals surface area contributed by atoms with Crippen molar-refractivity contribution in [2.75, 3.05) is 11.9 Å². The predicted molar refractivity (Wildman–Crippen MR) is 98.3 cm³/mol. The lowest BCUT2D eigenvalue weighted by Crippen LogP contribution is -2.22. The summed E-state index contributed by atoms with van der Waals surface area (Å²) in [7, 11) is 0. The van der Waals surface area contributed by atoms with Crippen molar-refractivity contribution in [3.63, 3.8) is 0 Å². The molecule has 3 aromatic rings.